The molecule has 0 unspecified atom stereocenters. The summed E-state index contributed by atoms with van der Waals surface area (Å²) in [5.41, 5.74) is 0. The molecule has 5 nitrogen and oxygen atoms in total. The maximum Gasteiger partial charge on any atom is 0.303 e. The fourth-order valence-corrected chi connectivity index (χ4v) is 2.52. The van der Waals surface area contributed by atoms with Gasteiger partial charge in [-0.2, -0.15) is 0 Å². The molecule has 0 aliphatic carbocycles. The highest BCUT2D eigenvalue weighted by Gasteiger charge is 2.26. The second-order valence-corrected chi connectivity index (χ2v) is 5.10. The van der Waals surface area contributed by atoms with Gasteiger partial charge in [-0.25, -0.2) is 0 Å². The fraction of sp³-hybridized carbons (Fsp3) is 0.571. The number of likely N-dealkylation sites (tertiary alicyclic amines) is 1. The van der Waals surface area contributed by atoms with Gasteiger partial charge in [0.05, 0.1) is 0 Å². The summed E-state index contributed by atoms with van der Waals surface area (Å²) in [5, 5.41) is 8.70. The van der Waals surface area contributed by atoms with Crippen molar-refractivity contribution in [1.82, 2.24) is 4.90 Å². The van der Waals surface area contributed by atoms with E-state index < -0.39 is 5.97 Å². The van der Waals surface area contributed by atoms with Crippen LogP contribution in [-0.4, -0.2) is 35.0 Å². The number of aliphatic carboxylic acids is 1. The van der Waals surface area contributed by atoms with Crippen LogP contribution in [0.4, 0.5) is 0 Å². The Morgan fingerprint density at radius 2 is 2.26 bits per heavy atom. The molecule has 1 N–H and O–H groups in total. The van der Waals surface area contributed by atoms with E-state index in [-0.39, 0.29) is 18.2 Å². The van der Waals surface area contributed by atoms with Crippen molar-refractivity contribution in [3.05, 3.63) is 23.7 Å². The Labute approximate surface area is 112 Å². The van der Waals surface area contributed by atoms with Gasteiger partial charge in [0.25, 0.3) is 5.91 Å². The van der Waals surface area contributed by atoms with Crippen LogP contribution in [0.3, 0.4) is 0 Å². The lowest BCUT2D eigenvalue weighted by Gasteiger charge is -2.32. The molecule has 19 heavy (non-hydrogen) atoms. The fourth-order valence-electron chi connectivity index (χ4n) is 2.52. The second kappa shape index (κ2) is 5.91. The van der Waals surface area contributed by atoms with E-state index in [1.165, 1.54) is 0 Å². The minimum atomic E-state index is -0.773. The number of nitrogens with zero attached hydrogens (tertiary/aromatic N) is 1. The average Bonchev–Trinajstić information content (AvgIpc) is 2.82. The van der Waals surface area contributed by atoms with Crippen LogP contribution in [0.25, 0.3) is 0 Å². The first-order valence-electron chi connectivity index (χ1n) is 6.64. The van der Waals surface area contributed by atoms with Crippen molar-refractivity contribution in [2.75, 3.05) is 13.1 Å². The number of carbonyl (C=O) groups is 2. The number of carboxylic acid groups (broad SMARTS) is 1. The van der Waals surface area contributed by atoms with Gasteiger partial charge in [0, 0.05) is 19.5 Å². The van der Waals surface area contributed by atoms with Gasteiger partial charge in [-0.3, -0.25) is 9.59 Å². The Hall–Kier alpha value is -1.78. The van der Waals surface area contributed by atoms with Gasteiger partial charge in [0.1, 0.15) is 5.76 Å². The topological polar surface area (TPSA) is 70.8 Å². The Morgan fingerprint density at radius 3 is 2.89 bits per heavy atom. The summed E-state index contributed by atoms with van der Waals surface area (Å²) in [5.74, 6) is 0.516. The predicted molar refractivity (Wildman–Crippen MR) is 68.9 cm³/mol. The lowest BCUT2D eigenvalue weighted by Crippen LogP contribution is -2.39. The Bertz CT molecular complexity index is 466. The molecule has 1 aromatic rings. The average molecular weight is 265 g/mol. The predicted octanol–water partition coefficient (Wildman–Crippen LogP) is 2.31. The first-order chi connectivity index (χ1) is 9.06. The van der Waals surface area contributed by atoms with Gasteiger partial charge < -0.3 is 14.4 Å². The molecule has 5 heteroatoms. The van der Waals surface area contributed by atoms with Gasteiger partial charge in [-0.15, -0.1) is 0 Å². The van der Waals surface area contributed by atoms with Crippen LogP contribution in [0, 0.1) is 12.8 Å². The Morgan fingerprint density at radius 1 is 1.47 bits per heavy atom. The van der Waals surface area contributed by atoms with Crippen molar-refractivity contribution in [2.45, 2.75) is 32.6 Å². The molecule has 0 bridgehead atoms. The molecule has 0 aromatic carbocycles. The highest BCUT2D eigenvalue weighted by atomic mass is 16.4. The number of hydrogen-bond donors (Lipinski definition) is 1. The number of amides is 1. The molecule has 1 aromatic heterocycles. The lowest BCUT2D eigenvalue weighted by atomic mass is 9.93. The van der Waals surface area contributed by atoms with E-state index in [0.717, 1.165) is 25.1 Å². The van der Waals surface area contributed by atoms with Gasteiger partial charge in [0.2, 0.25) is 0 Å². The molecule has 1 saturated heterocycles. The minimum absolute atomic E-state index is 0.0897. The standard InChI is InChI=1S/C14H19NO4/c1-10-4-6-12(19-10)14(18)15-8-2-3-11(9-15)5-7-13(16)17/h4,6,11H,2-3,5,7-9H2,1H3,(H,16,17)/t11-/m1/s1. The van der Waals surface area contributed by atoms with E-state index >= 15 is 0 Å². The molecule has 0 radical (unpaired) electrons. The van der Waals surface area contributed by atoms with E-state index in [0.29, 0.717) is 18.7 Å². The maximum atomic E-state index is 12.2. The van der Waals surface area contributed by atoms with Crippen LogP contribution in [0.15, 0.2) is 16.5 Å². The van der Waals surface area contributed by atoms with Crippen LogP contribution in [0.1, 0.15) is 42.0 Å². The second-order valence-electron chi connectivity index (χ2n) is 5.10. The van der Waals surface area contributed by atoms with E-state index in [1.54, 1.807) is 17.0 Å². The maximum absolute atomic E-state index is 12.2. The van der Waals surface area contributed by atoms with Crippen molar-refractivity contribution in [3.8, 4) is 0 Å². The van der Waals surface area contributed by atoms with Gasteiger partial charge in [-0.05, 0) is 44.2 Å². The third-order valence-electron chi connectivity index (χ3n) is 3.52. The van der Waals surface area contributed by atoms with E-state index in [9.17, 15) is 9.59 Å². The summed E-state index contributed by atoms with van der Waals surface area (Å²) >= 11 is 0. The largest absolute Gasteiger partial charge is 0.481 e. The summed E-state index contributed by atoms with van der Waals surface area (Å²) in [6.07, 6.45) is 2.73. The van der Waals surface area contributed by atoms with E-state index in [2.05, 4.69) is 0 Å². The van der Waals surface area contributed by atoms with Crippen LogP contribution in [0.2, 0.25) is 0 Å². The molecule has 1 atom stereocenters. The molecule has 1 fully saturated rings. The van der Waals surface area contributed by atoms with Crippen LogP contribution >= 0.6 is 0 Å². The molecule has 0 saturated carbocycles. The zero-order valence-electron chi connectivity index (χ0n) is 11.1. The highest BCUT2D eigenvalue weighted by Crippen LogP contribution is 2.22. The quantitative estimate of drug-likeness (QED) is 0.906. The summed E-state index contributed by atoms with van der Waals surface area (Å²) in [6.45, 7) is 3.16. The number of furan rings is 1. The number of carboxylic acids is 1. The van der Waals surface area contributed by atoms with E-state index in [1.807, 2.05) is 6.92 Å². The van der Waals surface area contributed by atoms with Crippen molar-refractivity contribution in [2.24, 2.45) is 5.92 Å². The first kappa shape index (κ1) is 13.6. The van der Waals surface area contributed by atoms with Crippen molar-refractivity contribution in [3.63, 3.8) is 0 Å². The zero-order chi connectivity index (χ0) is 13.8. The monoisotopic (exact) mass is 265 g/mol. The molecule has 1 aliphatic rings. The van der Waals surface area contributed by atoms with Gasteiger partial charge in [-0.1, -0.05) is 0 Å². The van der Waals surface area contributed by atoms with E-state index in [4.69, 9.17) is 9.52 Å². The lowest BCUT2D eigenvalue weighted by molar-refractivity contribution is -0.137. The number of carbonyl (C=O) groups excluding carboxylic acids is 1. The van der Waals surface area contributed by atoms with Crippen molar-refractivity contribution >= 4 is 11.9 Å². The number of aryl methyl sites for hydroxylation is 1. The third kappa shape index (κ3) is 3.59. The zero-order valence-corrected chi connectivity index (χ0v) is 11.1. The molecule has 1 amide bonds. The Kier molecular flexibility index (Phi) is 4.24. The summed E-state index contributed by atoms with van der Waals surface area (Å²) < 4.78 is 5.35. The third-order valence-corrected chi connectivity index (χ3v) is 3.52. The van der Waals surface area contributed by atoms with Gasteiger partial charge >= 0.3 is 5.97 Å². The minimum Gasteiger partial charge on any atom is -0.481 e. The van der Waals surface area contributed by atoms with Crippen molar-refractivity contribution < 1.29 is 19.1 Å². The summed E-state index contributed by atoms with van der Waals surface area (Å²) in [7, 11) is 0. The summed E-state index contributed by atoms with van der Waals surface area (Å²) in [6, 6.07) is 3.47. The Balaban J connectivity index is 1.93. The van der Waals surface area contributed by atoms with Crippen LogP contribution < -0.4 is 0 Å². The normalized spacial score (nSPS) is 19.4. The molecule has 0 spiro atoms. The highest BCUT2D eigenvalue weighted by molar-refractivity contribution is 5.91. The van der Waals surface area contributed by atoms with Crippen LogP contribution in [0.5, 0.6) is 0 Å². The van der Waals surface area contributed by atoms with Crippen LogP contribution in [-0.2, 0) is 4.79 Å². The molecule has 104 valence electrons. The molecule has 1 aliphatic heterocycles. The number of piperidine rings is 1. The molecule has 2 rings (SSSR count). The first-order valence-corrected chi connectivity index (χ1v) is 6.64. The molecular formula is C14H19NO4. The van der Waals surface area contributed by atoms with Crippen molar-refractivity contribution in [1.29, 1.82) is 0 Å². The molecule has 2 heterocycles. The smallest absolute Gasteiger partial charge is 0.303 e. The molecular weight excluding hydrogens is 246 g/mol. The number of hydrogen-bond acceptors (Lipinski definition) is 3. The summed E-state index contributed by atoms with van der Waals surface area (Å²) in [4.78, 5) is 24.6. The SMILES string of the molecule is Cc1ccc(C(=O)N2CCC[C@H](CCC(=O)O)C2)o1. The number of rotatable bonds is 4. The van der Waals surface area contributed by atoms with Gasteiger partial charge in [0.15, 0.2) is 5.76 Å².